The van der Waals surface area contributed by atoms with E-state index in [0.29, 0.717) is 11.6 Å². The molecular formula is C22H20F2N4O2S. The van der Waals surface area contributed by atoms with Gasteiger partial charge < -0.3 is 5.32 Å². The van der Waals surface area contributed by atoms with Gasteiger partial charge in [-0.3, -0.25) is 14.2 Å². The highest BCUT2D eigenvalue weighted by Crippen LogP contribution is 2.24. The van der Waals surface area contributed by atoms with E-state index in [1.165, 1.54) is 0 Å². The van der Waals surface area contributed by atoms with Crippen LogP contribution in [0, 0.1) is 28.9 Å². The quantitative estimate of drug-likeness (QED) is 0.463. The zero-order valence-corrected chi connectivity index (χ0v) is 18.0. The van der Waals surface area contributed by atoms with Gasteiger partial charge in [0.15, 0.2) is 5.16 Å². The number of hydrogen-bond acceptors (Lipinski definition) is 5. The molecule has 0 fully saturated rings. The molecule has 0 aliphatic heterocycles. The standard InChI is InChI=1S/C22H20F2N4O2S/c1-13(2)22(3,12-25)27-19(29)11-31-21-26-17-7-5-4-6-15(17)20(30)28(21)18-9-8-14(23)10-16(18)24/h4-10,13H,11H2,1-3H3,(H,27,29)/t22-/m1/s1. The zero-order valence-electron chi connectivity index (χ0n) is 17.1. The van der Waals surface area contributed by atoms with Crippen molar-refractivity contribution in [2.24, 2.45) is 5.92 Å². The Kier molecular flexibility index (Phi) is 6.41. The van der Waals surface area contributed by atoms with Gasteiger partial charge in [0, 0.05) is 6.07 Å². The average molecular weight is 442 g/mol. The largest absolute Gasteiger partial charge is 0.337 e. The Labute approximate surface area is 181 Å². The maximum Gasteiger partial charge on any atom is 0.266 e. The van der Waals surface area contributed by atoms with Crippen LogP contribution in [0.25, 0.3) is 16.6 Å². The van der Waals surface area contributed by atoms with E-state index < -0.39 is 28.6 Å². The van der Waals surface area contributed by atoms with E-state index in [9.17, 15) is 23.6 Å². The molecule has 3 aromatic rings. The average Bonchev–Trinajstić information content (AvgIpc) is 2.73. The Morgan fingerprint density at radius 2 is 2.00 bits per heavy atom. The number of rotatable bonds is 6. The molecular weight excluding hydrogens is 422 g/mol. The van der Waals surface area contributed by atoms with E-state index in [2.05, 4.69) is 16.4 Å². The number of fused-ring (bicyclic) bond motifs is 1. The van der Waals surface area contributed by atoms with Crippen molar-refractivity contribution in [3.63, 3.8) is 0 Å². The predicted octanol–water partition coefficient (Wildman–Crippen LogP) is 3.81. The first kappa shape index (κ1) is 22.4. The van der Waals surface area contributed by atoms with Gasteiger partial charge in [0.05, 0.1) is 28.4 Å². The van der Waals surface area contributed by atoms with Crippen molar-refractivity contribution in [1.29, 1.82) is 5.26 Å². The highest BCUT2D eigenvalue weighted by Gasteiger charge is 2.30. The maximum atomic E-state index is 14.5. The minimum atomic E-state index is -1.06. The molecule has 1 aromatic heterocycles. The molecule has 0 aliphatic rings. The minimum absolute atomic E-state index is 0.0764. The van der Waals surface area contributed by atoms with Crippen LogP contribution < -0.4 is 10.9 Å². The first-order valence-corrected chi connectivity index (χ1v) is 10.5. The SMILES string of the molecule is CC(C)[C@@](C)(C#N)NC(=O)CSc1nc2ccccc2c(=O)n1-c1ccc(F)cc1F. The third-order valence-electron chi connectivity index (χ3n) is 5.01. The van der Waals surface area contributed by atoms with Crippen LogP contribution in [0.4, 0.5) is 8.78 Å². The van der Waals surface area contributed by atoms with Crippen LogP contribution in [0.2, 0.25) is 0 Å². The van der Waals surface area contributed by atoms with Crippen LogP contribution in [0.5, 0.6) is 0 Å². The summed E-state index contributed by atoms with van der Waals surface area (Å²) in [5.74, 6) is -2.42. The molecule has 1 amide bonds. The number of hydrogen-bond donors (Lipinski definition) is 1. The first-order chi connectivity index (χ1) is 14.7. The molecule has 3 rings (SSSR count). The summed E-state index contributed by atoms with van der Waals surface area (Å²) in [7, 11) is 0. The van der Waals surface area contributed by atoms with Gasteiger partial charge in [0.1, 0.15) is 17.2 Å². The molecule has 0 unspecified atom stereocenters. The summed E-state index contributed by atoms with van der Waals surface area (Å²) < 4.78 is 28.9. The van der Waals surface area contributed by atoms with Crippen LogP contribution in [0.3, 0.4) is 0 Å². The van der Waals surface area contributed by atoms with Gasteiger partial charge in [0.2, 0.25) is 5.91 Å². The summed E-state index contributed by atoms with van der Waals surface area (Å²) in [4.78, 5) is 30.0. The second kappa shape index (κ2) is 8.86. The van der Waals surface area contributed by atoms with Gasteiger partial charge in [-0.05, 0) is 37.1 Å². The number of nitrogens with zero attached hydrogens (tertiary/aromatic N) is 3. The molecule has 31 heavy (non-hydrogen) atoms. The van der Waals surface area contributed by atoms with Crippen LogP contribution in [0.1, 0.15) is 20.8 Å². The van der Waals surface area contributed by atoms with Gasteiger partial charge in [-0.2, -0.15) is 5.26 Å². The lowest BCUT2D eigenvalue weighted by molar-refractivity contribution is -0.120. The van der Waals surface area contributed by atoms with Gasteiger partial charge in [-0.1, -0.05) is 37.7 Å². The highest BCUT2D eigenvalue weighted by atomic mass is 32.2. The summed E-state index contributed by atoms with van der Waals surface area (Å²) in [6.07, 6.45) is 0. The van der Waals surface area contributed by atoms with Crippen LogP contribution in [-0.4, -0.2) is 26.8 Å². The number of amides is 1. The smallest absolute Gasteiger partial charge is 0.266 e. The van der Waals surface area contributed by atoms with Crippen molar-refractivity contribution in [1.82, 2.24) is 14.9 Å². The number of para-hydroxylation sites is 1. The molecule has 2 aromatic carbocycles. The molecule has 0 radical (unpaired) electrons. The number of aromatic nitrogens is 2. The van der Waals surface area contributed by atoms with Gasteiger partial charge in [-0.15, -0.1) is 0 Å². The molecule has 0 bridgehead atoms. The third-order valence-corrected chi connectivity index (χ3v) is 5.95. The van der Waals surface area contributed by atoms with Gasteiger partial charge in [-0.25, -0.2) is 13.8 Å². The Morgan fingerprint density at radius 1 is 1.29 bits per heavy atom. The fourth-order valence-electron chi connectivity index (χ4n) is 2.84. The van der Waals surface area contributed by atoms with E-state index in [1.54, 1.807) is 31.2 Å². The maximum absolute atomic E-state index is 14.5. The zero-order chi connectivity index (χ0) is 22.8. The fourth-order valence-corrected chi connectivity index (χ4v) is 3.65. The van der Waals surface area contributed by atoms with Crippen LogP contribution in [0.15, 0.2) is 52.4 Å². The molecule has 0 spiro atoms. The van der Waals surface area contributed by atoms with E-state index in [-0.39, 0.29) is 27.9 Å². The predicted molar refractivity (Wildman–Crippen MR) is 115 cm³/mol. The minimum Gasteiger partial charge on any atom is -0.337 e. The molecule has 1 N–H and O–H groups in total. The van der Waals surface area contributed by atoms with Gasteiger partial charge in [0.25, 0.3) is 5.56 Å². The lowest BCUT2D eigenvalue weighted by atomic mass is 9.90. The molecule has 0 saturated heterocycles. The molecule has 9 heteroatoms. The van der Waals surface area contributed by atoms with Crippen molar-refractivity contribution in [2.45, 2.75) is 31.5 Å². The number of nitriles is 1. The van der Waals surface area contributed by atoms with Crippen molar-refractivity contribution in [3.05, 3.63) is 64.5 Å². The highest BCUT2D eigenvalue weighted by molar-refractivity contribution is 7.99. The summed E-state index contributed by atoms with van der Waals surface area (Å²) in [6.45, 7) is 5.26. The third kappa shape index (κ3) is 4.59. The van der Waals surface area contributed by atoms with E-state index in [1.807, 2.05) is 13.8 Å². The first-order valence-electron chi connectivity index (χ1n) is 9.48. The van der Waals surface area contributed by atoms with E-state index >= 15 is 0 Å². The molecule has 6 nitrogen and oxygen atoms in total. The Bertz CT molecular complexity index is 1250. The number of thioether (sulfide) groups is 1. The number of carbonyl (C=O) groups excluding carboxylic acids is 1. The van der Waals surface area contributed by atoms with Gasteiger partial charge >= 0.3 is 0 Å². The number of nitrogens with one attached hydrogen (secondary N) is 1. The van der Waals surface area contributed by atoms with Crippen molar-refractivity contribution in [3.8, 4) is 11.8 Å². The summed E-state index contributed by atoms with van der Waals surface area (Å²) in [6, 6.07) is 11.5. The molecule has 160 valence electrons. The molecule has 0 saturated carbocycles. The summed E-state index contributed by atoms with van der Waals surface area (Å²) in [5, 5.41) is 12.4. The lowest BCUT2D eigenvalue weighted by Crippen LogP contribution is -2.49. The molecule has 1 atom stereocenters. The van der Waals surface area contributed by atoms with E-state index in [0.717, 1.165) is 28.5 Å². The Morgan fingerprint density at radius 3 is 2.65 bits per heavy atom. The normalized spacial score (nSPS) is 13.1. The monoisotopic (exact) mass is 442 g/mol. The Hall–Kier alpha value is -3.25. The Balaban J connectivity index is 2.03. The topological polar surface area (TPSA) is 87.8 Å². The lowest BCUT2D eigenvalue weighted by Gasteiger charge is -2.27. The molecule has 0 aliphatic carbocycles. The van der Waals surface area contributed by atoms with Crippen molar-refractivity contribution in [2.75, 3.05) is 5.75 Å². The van der Waals surface area contributed by atoms with E-state index in [4.69, 9.17) is 0 Å². The second-order valence-electron chi connectivity index (χ2n) is 7.45. The summed E-state index contributed by atoms with van der Waals surface area (Å²) >= 11 is 0.925. The summed E-state index contributed by atoms with van der Waals surface area (Å²) in [5.41, 5.74) is -1.38. The van der Waals surface area contributed by atoms with Crippen molar-refractivity contribution >= 4 is 28.6 Å². The van der Waals surface area contributed by atoms with Crippen molar-refractivity contribution < 1.29 is 13.6 Å². The molecule has 1 heterocycles. The van der Waals surface area contributed by atoms with Crippen LogP contribution >= 0.6 is 11.8 Å². The number of benzene rings is 2. The fraction of sp³-hybridized carbons (Fsp3) is 0.273. The number of carbonyl (C=O) groups is 1. The van der Waals surface area contributed by atoms with Crippen LogP contribution in [-0.2, 0) is 4.79 Å². The number of halogens is 2. The second-order valence-corrected chi connectivity index (χ2v) is 8.40.